The first-order chi connectivity index (χ1) is 6.49. The monoisotopic (exact) mass is 255 g/mol. The number of Topliss-reactive ketones (excluding diaryl/α,β-unsaturated/α-hetero) is 1. The Morgan fingerprint density at radius 1 is 1.21 bits per heavy atom. The third kappa shape index (κ3) is 2.96. The molecule has 0 saturated carbocycles. The number of carbonyl (C=O) groups excluding carboxylic acids is 2. The largest absolute Gasteiger partial charge is 0.326 e. The number of nitrogens with one attached hydrogen (secondary N) is 1. The zero-order chi connectivity index (χ0) is 10.7. The highest BCUT2D eigenvalue weighted by atomic mass is 79.9. The van der Waals surface area contributed by atoms with E-state index >= 15 is 0 Å². The van der Waals surface area contributed by atoms with Crippen molar-refractivity contribution in [3.63, 3.8) is 0 Å². The molecule has 14 heavy (non-hydrogen) atoms. The van der Waals surface area contributed by atoms with Crippen molar-refractivity contribution >= 4 is 33.3 Å². The number of hydrogen-bond acceptors (Lipinski definition) is 2. The molecule has 0 fully saturated rings. The summed E-state index contributed by atoms with van der Waals surface area (Å²) in [5.74, 6) is -0.185. The van der Waals surface area contributed by atoms with E-state index in [4.69, 9.17) is 0 Å². The van der Waals surface area contributed by atoms with Gasteiger partial charge in [-0.05, 0) is 25.1 Å². The van der Waals surface area contributed by atoms with Gasteiger partial charge >= 0.3 is 0 Å². The lowest BCUT2D eigenvalue weighted by atomic mass is 10.1. The van der Waals surface area contributed by atoms with Crippen LogP contribution in [0.1, 0.15) is 24.2 Å². The Bertz CT molecular complexity index is 388. The summed E-state index contributed by atoms with van der Waals surface area (Å²) in [6.07, 6.45) is 0. The minimum Gasteiger partial charge on any atom is -0.326 e. The highest BCUT2D eigenvalue weighted by Crippen LogP contribution is 2.19. The van der Waals surface area contributed by atoms with Gasteiger partial charge in [0.1, 0.15) is 0 Å². The average Bonchev–Trinajstić information content (AvgIpc) is 2.01. The first-order valence-electron chi connectivity index (χ1n) is 4.08. The van der Waals surface area contributed by atoms with Crippen LogP contribution in [0, 0.1) is 0 Å². The summed E-state index contributed by atoms with van der Waals surface area (Å²) in [7, 11) is 0. The van der Waals surface area contributed by atoms with E-state index < -0.39 is 0 Å². The SMILES string of the molecule is CC(=O)Nc1cc(Br)cc(C(C)=O)c1. The minimum atomic E-state index is -0.155. The van der Waals surface area contributed by atoms with Crippen molar-refractivity contribution in [2.75, 3.05) is 5.32 Å². The Morgan fingerprint density at radius 2 is 1.86 bits per heavy atom. The molecule has 4 heteroatoms. The van der Waals surface area contributed by atoms with E-state index in [0.717, 1.165) is 4.47 Å². The van der Waals surface area contributed by atoms with Crippen LogP contribution in [0.5, 0.6) is 0 Å². The van der Waals surface area contributed by atoms with Crippen LogP contribution in [0.4, 0.5) is 5.69 Å². The van der Waals surface area contributed by atoms with E-state index in [9.17, 15) is 9.59 Å². The quantitative estimate of drug-likeness (QED) is 0.826. The molecule has 0 bridgehead atoms. The molecule has 0 aromatic heterocycles. The van der Waals surface area contributed by atoms with Crippen LogP contribution >= 0.6 is 15.9 Å². The zero-order valence-electron chi connectivity index (χ0n) is 7.93. The van der Waals surface area contributed by atoms with Gasteiger partial charge in [-0.3, -0.25) is 9.59 Å². The summed E-state index contributed by atoms with van der Waals surface area (Å²) in [5.41, 5.74) is 1.19. The number of benzene rings is 1. The minimum absolute atomic E-state index is 0.0297. The molecule has 0 atom stereocenters. The van der Waals surface area contributed by atoms with Crippen molar-refractivity contribution in [3.05, 3.63) is 28.2 Å². The summed E-state index contributed by atoms with van der Waals surface area (Å²) in [6.45, 7) is 2.91. The fourth-order valence-electron chi connectivity index (χ4n) is 1.07. The van der Waals surface area contributed by atoms with E-state index in [-0.39, 0.29) is 11.7 Å². The summed E-state index contributed by atoms with van der Waals surface area (Å²) in [5, 5.41) is 2.62. The number of halogens is 1. The smallest absolute Gasteiger partial charge is 0.221 e. The molecule has 0 aliphatic heterocycles. The van der Waals surface area contributed by atoms with Crippen LogP contribution in [0.25, 0.3) is 0 Å². The lowest BCUT2D eigenvalue weighted by molar-refractivity contribution is -0.114. The molecule has 0 unspecified atom stereocenters. The standard InChI is InChI=1S/C10H10BrNO2/c1-6(13)8-3-9(11)5-10(4-8)12-7(2)14/h3-5H,1-2H3,(H,12,14). The predicted octanol–water partition coefficient (Wildman–Crippen LogP) is 2.61. The van der Waals surface area contributed by atoms with Gasteiger partial charge < -0.3 is 5.32 Å². The maximum Gasteiger partial charge on any atom is 0.221 e. The van der Waals surface area contributed by atoms with E-state index in [0.29, 0.717) is 11.3 Å². The molecular weight excluding hydrogens is 246 g/mol. The second-order valence-electron chi connectivity index (χ2n) is 2.97. The molecule has 1 amide bonds. The lowest BCUT2D eigenvalue weighted by Gasteiger charge is -2.04. The summed E-state index contributed by atoms with van der Waals surface area (Å²) < 4.78 is 0.772. The molecular formula is C10H10BrNO2. The number of carbonyl (C=O) groups is 2. The molecule has 1 rings (SSSR count). The van der Waals surface area contributed by atoms with Crippen molar-refractivity contribution in [3.8, 4) is 0 Å². The second kappa shape index (κ2) is 4.37. The van der Waals surface area contributed by atoms with Gasteiger partial charge in [0.2, 0.25) is 5.91 Å². The van der Waals surface area contributed by atoms with Crippen LogP contribution in [0.3, 0.4) is 0 Å². The van der Waals surface area contributed by atoms with Gasteiger partial charge in [-0.1, -0.05) is 15.9 Å². The fraction of sp³-hybridized carbons (Fsp3) is 0.200. The van der Waals surface area contributed by atoms with Gasteiger partial charge in [-0.15, -0.1) is 0 Å². The fourth-order valence-corrected chi connectivity index (χ4v) is 1.56. The van der Waals surface area contributed by atoms with E-state index in [1.807, 2.05) is 0 Å². The van der Waals surface area contributed by atoms with Crippen molar-refractivity contribution in [1.82, 2.24) is 0 Å². The number of amides is 1. The zero-order valence-corrected chi connectivity index (χ0v) is 9.51. The van der Waals surface area contributed by atoms with Gasteiger partial charge in [0.05, 0.1) is 0 Å². The molecule has 0 spiro atoms. The van der Waals surface area contributed by atoms with Gasteiger partial charge in [-0.2, -0.15) is 0 Å². The summed E-state index contributed by atoms with van der Waals surface area (Å²) >= 11 is 3.27. The number of rotatable bonds is 2. The average molecular weight is 256 g/mol. The van der Waals surface area contributed by atoms with Gasteiger partial charge in [-0.25, -0.2) is 0 Å². The summed E-state index contributed by atoms with van der Waals surface area (Å²) in [6, 6.07) is 5.11. The summed E-state index contributed by atoms with van der Waals surface area (Å²) in [4.78, 5) is 21.9. The van der Waals surface area contributed by atoms with Crippen molar-refractivity contribution in [2.24, 2.45) is 0 Å². The maximum absolute atomic E-state index is 11.1. The van der Waals surface area contributed by atoms with Gasteiger partial charge in [0.25, 0.3) is 0 Å². The van der Waals surface area contributed by atoms with E-state index in [1.165, 1.54) is 13.8 Å². The topological polar surface area (TPSA) is 46.2 Å². The first-order valence-corrected chi connectivity index (χ1v) is 4.87. The Labute approximate surface area is 90.6 Å². The molecule has 1 N–H and O–H groups in total. The number of hydrogen-bond donors (Lipinski definition) is 1. The molecule has 0 heterocycles. The molecule has 3 nitrogen and oxygen atoms in total. The molecule has 0 aliphatic rings. The highest BCUT2D eigenvalue weighted by molar-refractivity contribution is 9.10. The highest BCUT2D eigenvalue weighted by Gasteiger charge is 2.04. The molecule has 0 saturated heterocycles. The number of ketones is 1. The Hall–Kier alpha value is -1.16. The third-order valence-corrected chi connectivity index (χ3v) is 2.08. The van der Waals surface area contributed by atoms with Crippen molar-refractivity contribution in [2.45, 2.75) is 13.8 Å². The van der Waals surface area contributed by atoms with E-state index in [1.54, 1.807) is 18.2 Å². The number of anilines is 1. The van der Waals surface area contributed by atoms with Crippen LogP contribution in [-0.4, -0.2) is 11.7 Å². The Morgan fingerprint density at radius 3 is 2.36 bits per heavy atom. The van der Waals surface area contributed by atoms with Crippen molar-refractivity contribution in [1.29, 1.82) is 0 Å². The van der Waals surface area contributed by atoms with Crippen LogP contribution in [-0.2, 0) is 4.79 Å². The molecule has 0 radical (unpaired) electrons. The maximum atomic E-state index is 11.1. The van der Waals surface area contributed by atoms with Crippen LogP contribution in [0.15, 0.2) is 22.7 Å². The van der Waals surface area contributed by atoms with Crippen LogP contribution < -0.4 is 5.32 Å². The molecule has 1 aromatic rings. The normalized spacial score (nSPS) is 9.64. The van der Waals surface area contributed by atoms with Gasteiger partial charge in [0.15, 0.2) is 5.78 Å². The molecule has 0 aliphatic carbocycles. The second-order valence-corrected chi connectivity index (χ2v) is 3.88. The first kappa shape index (κ1) is 10.9. The van der Waals surface area contributed by atoms with Crippen LogP contribution in [0.2, 0.25) is 0 Å². The predicted molar refractivity (Wildman–Crippen MR) is 58.5 cm³/mol. The molecule has 74 valence electrons. The van der Waals surface area contributed by atoms with Gasteiger partial charge in [0, 0.05) is 22.6 Å². The Kier molecular flexibility index (Phi) is 3.41. The third-order valence-electron chi connectivity index (χ3n) is 1.62. The Balaban J connectivity index is 3.07. The van der Waals surface area contributed by atoms with Crippen molar-refractivity contribution < 1.29 is 9.59 Å². The van der Waals surface area contributed by atoms with E-state index in [2.05, 4.69) is 21.2 Å². The lowest BCUT2D eigenvalue weighted by Crippen LogP contribution is -2.06. The molecule has 1 aromatic carbocycles.